The van der Waals surface area contributed by atoms with Gasteiger partial charge in [0.1, 0.15) is 18.0 Å². The first-order chi connectivity index (χ1) is 17.9. The lowest BCUT2D eigenvalue weighted by Crippen LogP contribution is -2.47. The minimum atomic E-state index is -0.569. The monoisotopic (exact) mass is 509 g/mol. The standard InChI is InChI=1S/C22H25N3O3.C7H7FO.H2/c1-15-3-7-19(20(9-15)27-14-26-2)28-22-17-5-6-18(22)13-25(12-17)21-8-4-16(10-23)11-24-21;1-5-2-3-6(8)7(9)4-5;/h3-4,7-9,11,17-18,22H,5-6,12-14H2,1-2H3;2-4,9H,1H3;1H/t17-,18+,22?;;/i;;1+2. The molecule has 0 spiro atoms. The second kappa shape index (κ2) is 11.9. The molecule has 2 fully saturated rings. The van der Waals surface area contributed by atoms with Crippen LogP contribution in [0.5, 0.6) is 17.2 Å². The van der Waals surface area contributed by atoms with E-state index in [1.54, 1.807) is 26.3 Å². The Kier molecular flexibility index (Phi) is 8.47. The lowest BCUT2D eigenvalue weighted by Gasteiger charge is -2.38. The number of fused-ring (bicyclic) bond motifs is 2. The number of rotatable bonds is 6. The largest absolute Gasteiger partial charge is 0.505 e. The van der Waals surface area contributed by atoms with E-state index < -0.39 is 5.82 Å². The summed E-state index contributed by atoms with van der Waals surface area (Å²) < 4.78 is 29.5. The molecule has 7 nitrogen and oxygen atoms in total. The number of pyridine rings is 1. The second-order valence-corrected chi connectivity index (χ2v) is 9.56. The summed E-state index contributed by atoms with van der Waals surface area (Å²) in [6, 6.07) is 16.2. The lowest BCUT2D eigenvalue weighted by atomic mass is 9.94. The predicted molar refractivity (Wildman–Crippen MR) is 140 cm³/mol. The van der Waals surface area contributed by atoms with Crippen molar-refractivity contribution in [3.63, 3.8) is 0 Å². The molecule has 5 rings (SSSR count). The summed E-state index contributed by atoms with van der Waals surface area (Å²) in [6.45, 7) is 5.87. The second-order valence-electron chi connectivity index (χ2n) is 9.56. The van der Waals surface area contributed by atoms with Crippen LogP contribution >= 0.6 is 0 Å². The number of phenols is 1. The minimum Gasteiger partial charge on any atom is -0.505 e. The lowest BCUT2D eigenvalue weighted by molar-refractivity contribution is 0.0429. The van der Waals surface area contributed by atoms with Crippen LogP contribution in [0.4, 0.5) is 10.2 Å². The van der Waals surface area contributed by atoms with Gasteiger partial charge in [-0.25, -0.2) is 9.37 Å². The molecule has 2 heterocycles. The number of aromatic nitrogens is 1. The van der Waals surface area contributed by atoms with E-state index in [1.807, 2.05) is 37.3 Å². The molecule has 3 aromatic rings. The number of benzene rings is 2. The summed E-state index contributed by atoms with van der Waals surface area (Å²) in [7, 11) is 1.61. The summed E-state index contributed by atoms with van der Waals surface area (Å²) in [5, 5.41) is 17.7. The zero-order valence-electron chi connectivity index (χ0n) is 21.4. The Labute approximate surface area is 218 Å². The van der Waals surface area contributed by atoms with E-state index in [1.165, 1.54) is 12.1 Å². The van der Waals surface area contributed by atoms with Gasteiger partial charge < -0.3 is 24.2 Å². The average molecular weight is 510 g/mol. The Balaban J connectivity index is 0.000000341. The molecular weight excluding hydrogens is 473 g/mol. The van der Waals surface area contributed by atoms with Crippen molar-refractivity contribution in [2.75, 3.05) is 31.9 Å². The zero-order chi connectivity index (χ0) is 26.4. The Hall–Kier alpha value is -3.83. The highest BCUT2D eigenvalue weighted by molar-refractivity contribution is 5.45. The number of methoxy groups -OCH3 is 1. The van der Waals surface area contributed by atoms with Gasteiger partial charge in [-0.1, -0.05) is 12.1 Å². The van der Waals surface area contributed by atoms with Gasteiger partial charge in [0, 0.05) is 39.7 Å². The number of phenolic OH excluding ortho intramolecular Hbond substituents is 1. The van der Waals surface area contributed by atoms with Crippen LogP contribution in [0.25, 0.3) is 0 Å². The molecule has 1 aliphatic heterocycles. The van der Waals surface area contributed by atoms with Crippen molar-refractivity contribution in [3.8, 4) is 23.3 Å². The number of piperidine rings is 1. The van der Waals surface area contributed by atoms with Crippen LogP contribution in [-0.2, 0) is 4.74 Å². The van der Waals surface area contributed by atoms with E-state index in [9.17, 15) is 4.39 Å². The van der Waals surface area contributed by atoms with Gasteiger partial charge >= 0.3 is 0 Å². The summed E-state index contributed by atoms with van der Waals surface area (Å²) >= 11 is 0. The molecule has 0 amide bonds. The topological polar surface area (TPSA) is 87.8 Å². The van der Waals surface area contributed by atoms with Crippen LogP contribution in [-0.4, -0.2) is 43.2 Å². The van der Waals surface area contributed by atoms with Crippen LogP contribution in [0, 0.1) is 42.8 Å². The molecule has 2 bridgehead atoms. The van der Waals surface area contributed by atoms with Crippen LogP contribution in [0.2, 0.25) is 0 Å². The van der Waals surface area contributed by atoms with Crippen LogP contribution in [0.1, 0.15) is 31.0 Å². The summed E-state index contributed by atoms with van der Waals surface area (Å²) in [6.07, 6.45) is 4.14. The molecule has 0 radical (unpaired) electrons. The molecule has 1 saturated carbocycles. The molecular formula is C29H34FN3O4. The van der Waals surface area contributed by atoms with Gasteiger partial charge in [-0.05, 0) is 74.2 Å². The third-order valence-electron chi connectivity index (χ3n) is 6.74. The van der Waals surface area contributed by atoms with E-state index in [2.05, 4.69) is 16.0 Å². The van der Waals surface area contributed by atoms with Crippen LogP contribution in [0.3, 0.4) is 0 Å². The van der Waals surface area contributed by atoms with Gasteiger partial charge in [0.25, 0.3) is 0 Å². The molecule has 3 atom stereocenters. The first-order valence-corrected chi connectivity index (χ1v) is 12.3. The van der Waals surface area contributed by atoms with E-state index >= 15 is 0 Å². The molecule has 1 aromatic heterocycles. The highest BCUT2D eigenvalue weighted by atomic mass is 19.1. The van der Waals surface area contributed by atoms with Crippen LogP contribution < -0.4 is 14.4 Å². The Morgan fingerprint density at radius 2 is 1.76 bits per heavy atom. The fourth-order valence-corrected chi connectivity index (χ4v) is 4.91. The molecule has 1 N–H and O–H groups in total. The van der Waals surface area contributed by atoms with Gasteiger partial charge in [0.2, 0.25) is 0 Å². The van der Waals surface area contributed by atoms with Crippen molar-refractivity contribution < 1.29 is 25.1 Å². The Morgan fingerprint density at radius 3 is 2.35 bits per heavy atom. The quantitative estimate of drug-likeness (QED) is 0.431. The maximum Gasteiger partial charge on any atom is 0.188 e. The van der Waals surface area contributed by atoms with E-state index in [4.69, 9.17) is 24.6 Å². The molecule has 2 aromatic carbocycles. The van der Waals surface area contributed by atoms with Crippen molar-refractivity contribution in [3.05, 3.63) is 77.2 Å². The maximum absolute atomic E-state index is 12.2. The fraction of sp³-hybridized carbons (Fsp3) is 0.379. The van der Waals surface area contributed by atoms with Crippen molar-refractivity contribution in [2.45, 2.75) is 32.8 Å². The predicted octanol–water partition coefficient (Wildman–Crippen LogP) is 5.62. The highest BCUT2D eigenvalue weighted by Crippen LogP contribution is 2.42. The maximum atomic E-state index is 12.2. The van der Waals surface area contributed by atoms with E-state index in [0.717, 1.165) is 54.4 Å². The smallest absolute Gasteiger partial charge is 0.188 e. The summed E-state index contributed by atoms with van der Waals surface area (Å²) in [4.78, 5) is 6.79. The van der Waals surface area contributed by atoms with Gasteiger partial charge in [-0.15, -0.1) is 0 Å². The van der Waals surface area contributed by atoms with Gasteiger partial charge in [0.05, 0.1) is 5.56 Å². The Bertz CT molecular complexity index is 1240. The van der Waals surface area contributed by atoms with Crippen molar-refractivity contribution in [1.29, 1.82) is 5.26 Å². The number of ether oxygens (including phenoxy) is 3. The number of aryl methyl sites for hydroxylation is 2. The molecule has 37 heavy (non-hydrogen) atoms. The number of aromatic hydroxyl groups is 1. The third-order valence-corrected chi connectivity index (χ3v) is 6.74. The zero-order valence-corrected chi connectivity index (χ0v) is 21.4. The molecule has 2 aliphatic rings. The van der Waals surface area contributed by atoms with Gasteiger partial charge in [-0.2, -0.15) is 5.26 Å². The Morgan fingerprint density at radius 1 is 1.05 bits per heavy atom. The van der Waals surface area contributed by atoms with E-state index in [-0.39, 0.29) is 20.1 Å². The number of hydrogen-bond acceptors (Lipinski definition) is 7. The molecule has 1 aliphatic carbocycles. The van der Waals surface area contributed by atoms with Crippen molar-refractivity contribution in [1.82, 2.24) is 4.98 Å². The van der Waals surface area contributed by atoms with E-state index in [0.29, 0.717) is 17.4 Å². The minimum absolute atomic E-state index is 0. The highest BCUT2D eigenvalue weighted by Gasteiger charge is 2.44. The summed E-state index contributed by atoms with van der Waals surface area (Å²) in [5.74, 6) is 2.51. The number of nitrogens with zero attached hydrogens (tertiary/aromatic N) is 3. The molecule has 196 valence electrons. The SMILES string of the molecule is COCOc1cc(C)ccc1OC1[C@@H]2CC[C@H]1CN(c1ccc(C#N)cn1)C2.Cc1ccc(F)c(O)c1.[3HH]. The number of anilines is 1. The first kappa shape index (κ1) is 26.2. The van der Waals surface area contributed by atoms with Gasteiger partial charge in [-0.3, -0.25) is 0 Å². The summed E-state index contributed by atoms with van der Waals surface area (Å²) in [5.41, 5.74) is 2.57. The normalized spacial score (nSPS) is 20.0. The van der Waals surface area contributed by atoms with Crippen molar-refractivity contribution >= 4 is 5.82 Å². The number of nitriles is 1. The first-order valence-electron chi connectivity index (χ1n) is 12.3. The molecule has 1 unspecified atom stereocenters. The third kappa shape index (κ3) is 6.49. The average Bonchev–Trinajstić information content (AvgIpc) is 3.12. The van der Waals surface area contributed by atoms with Crippen molar-refractivity contribution in [2.24, 2.45) is 11.8 Å². The number of halogens is 1. The number of hydrogen-bond donors (Lipinski definition) is 1. The molecule has 8 heteroatoms. The van der Waals surface area contributed by atoms with Crippen LogP contribution in [0.15, 0.2) is 54.7 Å². The molecule has 1 saturated heterocycles. The van der Waals surface area contributed by atoms with Gasteiger partial charge in [0.15, 0.2) is 29.9 Å². The fourth-order valence-electron chi connectivity index (χ4n) is 4.91.